The zero-order valence-corrected chi connectivity index (χ0v) is 14.1. The van der Waals surface area contributed by atoms with Gasteiger partial charge in [-0.3, -0.25) is 0 Å². The van der Waals surface area contributed by atoms with Crippen LogP contribution in [0, 0.1) is 6.92 Å². The second-order valence-corrected chi connectivity index (χ2v) is 6.22. The first-order valence-corrected chi connectivity index (χ1v) is 8.22. The highest BCUT2D eigenvalue weighted by Gasteiger charge is 2.15. The largest absolute Gasteiger partial charge is 0.376 e. The summed E-state index contributed by atoms with van der Waals surface area (Å²) in [6.07, 6.45) is 4.29. The Balaban J connectivity index is 1.63. The van der Waals surface area contributed by atoms with Crippen LogP contribution in [-0.2, 0) is 4.74 Å². The molecule has 0 saturated carbocycles. The lowest BCUT2D eigenvalue weighted by atomic mass is 10.2. The summed E-state index contributed by atoms with van der Waals surface area (Å²) in [6.45, 7) is 3.71. The summed E-state index contributed by atoms with van der Waals surface area (Å²) in [4.78, 5) is 8.73. The van der Waals surface area contributed by atoms with Gasteiger partial charge in [0.2, 0.25) is 5.95 Å². The van der Waals surface area contributed by atoms with Crippen LogP contribution < -0.4 is 10.6 Å². The molecular weight excluding hydrogens is 344 g/mol. The molecular formula is C16H19BrN4O. The van der Waals surface area contributed by atoms with E-state index < -0.39 is 0 Å². The Kier molecular flexibility index (Phi) is 4.90. The molecule has 5 nitrogen and oxygen atoms in total. The minimum atomic E-state index is 0.291. The molecule has 1 saturated heterocycles. The van der Waals surface area contributed by atoms with E-state index in [9.17, 15) is 0 Å². The van der Waals surface area contributed by atoms with E-state index in [1.807, 2.05) is 24.3 Å². The number of rotatable bonds is 5. The third-order valence-electron chi connectivity index (χ3n) is 3.62. The molecule has 2 N–H and O–H groups in total. The van der Waals surface area contributed by atoms with Crippen molar-refractivity contribution in [2.45, 2.75) is 25.9 Å². The van der Waals surface area contributed by atoms with Gasteiger partial charge in [0, 0.05) is 29.5 Å². The number of nitrogens with one attached hydrogen (secondary N) is 2. The Morgan fingerprint density at radius 1 is 1.36 bits per heavy atom. The second kappa shape index (κ2) is 7.07. The maximum atomic E-state index is 5.60. The van der Waals surface area contributed by atoms with Gasteiger partial charge >= 0.3 is 0 Å². The van der Waals surface area contributed by atoms with Crippen LogP contribution in [0.25, 0.3) is 0 Å². The zero-order chi connectivity index (χ0) is 15.4. The Labute approximate surface area is 138 Å². The highest BCUT2D eigenvalue weighted by molar-refractivity contribution is 9.10. The molecule has 1 aliphatic heterocycles. The number of aryl methyl sites for hydroxylation is 1. The Morgan fingerprint density at radius 2 is 2.27 bits per heavy atom. The number of hydrogen-bond acceptors (Lipinski definition) is 5. The van der Waals surface area contributed by atoms with Crippen LogP contribution in [0.3, 0.4) is 0 Å². The number of anilines is 3. The van der Waals surface area contributed by atoms with E-state index in [1.54, 1.807) is 6.20 Å². The van der Waals surface area contributed by atoms with E-state index in [4.69, 9.17) is 4.74 Å². The van der Waals surface area contributed by atoms with Crippen molar-refractivity contribution >= 4 is 33.4 Å². The van der Waals surface area contributed by atoms with E-state index in [0.717, 1.165) is 42.0 Å². The summed E-state index contributed by atoms with van der Waals surface area (Å²) >= 11 is 3.53. The van der Waals surface area contributed by atoms with Gasteiger partial charge in [-0.15, -0.1) is 0 Å². The van der Waals surface area contributed by atoms with Crippen molar-refractivity contribution in [3.63, 3.8) is 0 Å². The number of nitrogens with zero attached hydrogens (tertiary/aromatic N) is 2. The molecule has 0 radical (unpaired) electrons. The van der Waals surface area contributed by atoms with Gasteiger partial charge in [0.25, 0.3) is 0 Å². The van der Waals surface area contributed by atoms with Crippen LogP contribution in [0.2, 0.25) is 0 Å². The molecule has 0 bridgehead atoms. The molecule has 116 valence electrons. The van der Waals surface area contributed by atoms with Crippen molar-refractivity contribution in [2.24, 2.45) is 0 Å². The van der Waals surface area contributed by atoms with Crippen molar-refractivity contribution < 1.29 is 4.74 Å². The van der Waals surface area contributed by atoms with Gasteiger partial charge in [-0.25, -0.2) is 4.98 Å². The lowest BCUT2D eigenvalue weighted by Crippen LogP contribution is -2.19. The van der Waals surface area contributed by atoms with Crippen molar-refractivity contribution in [1.29, 1.82) is 0 Å². The van der Waals surface area contributed by atoms with Crippen LogP contribution >= 0.6 is 15.9 Å². The molecule has 1 aromatic heterocycles. The molecule has 0 amide bonds. The van der Waals surface area contributed by atoms with Crippen LogP contribution in [0.1, 0.15) is 18.4 Å². The average Bonchev–Trinajstić information content (AvgIpc) is 3.03. The van der Waals surface area contributed by atoms with Crippen LogP contribution in [0.5, 0.6) is 0 Å². The molecule has 6 heteroatoms. The van der Waals surface area contributed by atoms with E-state index in [-0.39, 0.29) is 0 Å². The summed E-state index contributed by atoms with van der Waals surface area (Å²) in [7, 11) is 0. The van der Waals surface area contributed by atoms with Gasteiger partial charge in [-0.05, 0) is 43.5 Å². The first kappa shape index (κ1) is 15.2. The van der Waals surface area contributed by atoms with Crippen molar-refractivity contribution in [3.8, 4) is 0 Å². The predicted octanol–water partition coefficient (Wildman–Crippen LogP) is 3.88. The molecule has 0 aliphatic carbocycles. The topological polar surface area (TPSA) is 59.1 Å². The van der Waals surface area contributed by atoms with Crippen molar-refractivity contribution in [2.75, 3.05) is 23.8 Å². The van der Waals surface area contributed by atoms with Gasteiger partial charge in [0.1, 0.15) is 5.82 Å². The maximum Gasteiger partial charge on any atom is 0.229 e. The molecule has 1 aromatic carbocycles. The highest BCUT2D eigenvalue weighted by Crippen LogP contribution is 2.22. The predicted molar refractivity (Wildman–Crippen MR) is 91.7 cm³/mol. The molecule has 1 fully saturated rings. The van der Waals surface area contributed by atoms with Crippen LogP contribution in [-0.4, -0.2) is 29.2 Å². The fraction of sp³-hybridized carbons (Fsp3) is 0.375. The van der Waals surface area contributed by atoms with Gasteiger partial charge in [-0.2, -0.15) is 4.98 Å². The van der Waals surface area contributed by atoms with Crippen LogP contribution in [0.4, 0.5) is 17.5 Å². The Morgan fingerprint density at radius 3 is 3.05 bits per heavy atom. The molecule has 1 unspecified atom stereocenters. The summed E-state index contributed by atoms with van der Waals surface area (Å²) in [5.41, 5.74) is 2.15. The smallest absolute Gasteiger partial charge is 0.229 e. The summed E-state index contributed by atoms with van der Waals surface area (Å²) < 4.78 is 6.66. The van der Waals surface area contributed by atoms with Gasteiger partial charge in [0.05, 0.1) is 6.10 Å². The van der Waals surface area contributed by atoms with Crippen LogP contribution in [0.15, 0.2) is 34.9 Å². The molecule has 22 heavy (non-hydrogen) atoms. The summed E-state index contributed by atoms with van der Waals surface area (Å²) in [5, 5.41) is 6.52. The normalized spacial score (nSPS) is 17.5. The van der Waals surface area contributed by atoms with E-state index in [1.165, 1.54) is 5.56 Å². The van der Waals surface area contributed by atoms with Gasteiger partial charge < -0.3 is 15.4 Å². The number of hydrogen-bond donors (Lipinski definition) is 2. The standard InChI is InChI=1S/C16H19BrN4O/c1-11-4-5-12(9-14(11)17)20-16-18-7-6-15(21-16)19-10-13-3-2-8-22-13/h4-7,9,13H,2-3,8,10H2,1H3,(H2,18,19,20,21). The molecule has 2 aromatic rings. The lowest BCUT2D eigenvalue weighted by Gasteiger charge is -2.12. The number of benzene rings is 1. The molecule has 0 spiro atoms. The lowest BCUT2D eigenvalue weighted by molar-refractivity contribution is 0.120. The fourth-order valence-electron chi connectivity index (χ4n) is 2.34. The second-order valence-electron chi connectivity index (χ2n) is 5.37. The fourth-order valence-corrected chi connectivity index (χ4v) is 2.72. The first-order chi connectivity index (χ1) is 10.7. The number of ether oxygens (including phenoxy) is 1. The third-order valence-corrected chi connectivity index (χ3v) is 4.47. The third kappa shape index (κ3) is 3.96. The summed E-state index contributed by atoms with van der Waals surface area (Å²) in [6, 6.07) is 7.94. The minimum Gasteiger partial charge on any atom is -0.376 e. The minimum absolute atomic E-state index is 0.291. The van der Waals surface area contributed by atoms with E-state index >= 15 is 0 Å². The maximum absolute atomic E-state index is 5.60. The van der Waals surface area contributed by atoms with E-state index in [2.05, 4.69) is 43.5 Å². The molecule has 3 rings (SSSR count). The Hall–Kier alpha value is -1.66. The zero-order valence-electron chi connectivity index (χ0n) is 12.5. The highest BCUT2D eigenvalue weighted by atomic mass is 79.9. The van der Waals surface area contributed by atoms with Gasteiger partial charge in [-0.1, -0.05) is 22.0 Å². The SMILES string of the molecule is Cc1ccc(Nc2nccc(NCC3CCCO3)n2)cc1Br. The van der Waals surface area contributed by atoms with Crippen molar-refractivity contribution in [3.05, 3.63) is 40.5 Å². The summed E-state index contributed by atoms with van der Waals surface area (Å²) in [5.74, 6) is 1.38. The van der Waals surface area contributed by atoms with Gasteiger partial charge in [0.15, 0.2) is 0 Å². The van der Waals surface area contributed by atoms with Crippen molar-refractivity contribution in [1.82, 2.24) is 9.97 Å². The molecule has 2 heterocycles. The Bertz CT molecular complexity index is 644. The van der Waals surface area contributed by atoms with E-state index in [0.29, 0.717) is 12.1 Å². The first-order valence-electron chi connectivity index (χ1n) is 7.42. The molecule has 1 atom stereocenters. The molecule has 1 aliphatic rings. The number of aromatic nitrogens is 2. The monoisotopic (exact) mass is 362 g/mol. The number of halogens is 1. The average molecular weight is 363 g/mol. The quantitative estimate of drug-likeness (QED) is 0.844.